The molecule has 0 bridgehead atoms. The van der Waals surface area contributed by atoms with Crippen molar-refractivity contribution < 1.29 is 52.7 Å². The van der Waals surface area contributed by atoms with E-state index in [9.17, 15) is 52.7 Å². The van der Waals surface area contributed by atoms with Gasteiger partial charge in [-0.1, -0.05) is 0 Å². The molecule has 166 valence electrons. The normalized spacial score (nSPS) is 13.6. The molecule has 2 rings (SSSR count). The first-order valence-corrected chi connectivity index (χ1v) is 7.40. The third kappa shape index (κ3) is 4.51. The Morgan fingerprint density at radius 1 is 0.400 bits per heavy atom. The Bertz CT molecular complexity index is 885. The summed E-state index contributed by atoms with van der Waals surface area (Å²) < 4.78 is 158. The molecule has 0 fully saturated rings. The summed E-state index contributed by atoms with van der Waals surface area (Å²) in [5, 5.41) is 0. The second-order valence-corrected chi connectivity index (χ2v) is 5.96. The van der Waals surface area contributed by atoms with Gasteiger partial charge in [0, 0.05) is 11.4 Å². The fourth-order valence-electron chi connectivity index (χ4n) is 2.64. The average molecular weight is 456 g/mol. The Morgan fingerprint density at radius 2 is 0.633 bits per heavy atom. The minimum absolute atomic E-state index is 0.290. The van der Waals surface area contributed by atoms with E-state index in [0.29, 0.717) is 0 Å². The monoisotopic (exact) mass is 456 g/mol. The molecule has 0 heterocycles. The van der Waals surface area contributed by atoms with Crippen LogP contribution in [0.2, 0.25) is 0 Å². The van der Waals surface area contributed by atoms with Crippen molar-refractivity contribution >= 4 is 11.4 Å². The van der Waals surface area contributed by atoms with Crippen LogP contribution in [0.15, 0.2) is 24.3 Å². The van der Waals surface area contributed by atoms with Crippen molar-refractivity contribution in [2.24, 2.45) is 0 Å². The molecule has 0 radical (unpaired) electrons. The summed E-state index contributed by atoms with van der Waals surface area (Å²) >= 11 is 0. The zero-order valence-electron chi connectivity index (χ0n) is 14.0. The number of benzene rings is 2. The van der Waals surface area contributed by atoms with Gasteiger partial charge < -0.3 is 11.5 Å². The van der Waals surface area contributed by atoms with E-state index in [0.717, 1.165) is 0 Å². The van der Waals surface area contributed by atoms with Crippen LogP contribution in [0, 0.1) is 0 Å². The van der Waals surface area contributed by atoms with Crippen LogP contribution in [0.4, 0.5) is 64.1 Å². The highest BCUT2D eigenvalue weighted by atomic mass is 19.4. The molecule has 2 aromatic rings. The molecule has 14 heteroatoms. The molecule has 0 unspecified atom stereocenters. The number of hydrogen-bond donors (Lipinski definition) is 2. The number of halogens is 12. The highest BCUT2D eigenvalue weighted by Crippen LogP contribution is 2.49. The summed E-state index contributed by atoms with van der Waals surface area (Å²) in [6.45, 7) is 0. The van der Waals surface area contributed by atoms with Crippen LogP contribution in [-0.2, 0) is 24.7 Å². The predicted octanol–water partition coefficient (Wildman–Crippen LogP) is 6.59. The van der Waals surface area contributed by atoms with E-state index in [4.69, 9.17) is 11.5 Å². The Morgan fingerprint density at radius 3 is 0.833 bits per heavy atom. The van der Waals surface area contributed by atoms with Crippen molar-refractivity contribution in [1.29, 1.82) is 0 Å². The molecule has 4 N–H and O–H groups in total. The smallest absolute Gasteiger partial charge is 0.398 e. The fraction of sp³-hybridized carbons (Fsp3) is 0.250. The van der Waals surface area contributed by atoms with E-state index in [-0.39, 0.29) is 24.3 Å². The van der Waals surface area contributed by atoms with Crippen LogP contribution in [0.3, 0.4) is 0 Å². The SMILES string of the molecule is Nc1cc(C(F)(F)F)c(-c2cc(C(F)(F)F)c(N)cc2C(F)(F)F)cc1C(F)(F)F. The fourth-order valence-corrected chi connectivity index (χ4v) is 2.64. The molecular weight excluding hydrogens is 448 g/mol. The zero-order chi connectivity index (χ0) is 23.4. The maximum atomic E-state index is 13.3. The van der Waals surface area contributed by atoms with Crippen molar-refractivity contribution in [3.05, 3.63) is 46.5 Å². The van der Waals surface area contributed by atoms with E-state index < -0.39 is 69.5 Å². The number of alkyl halides is 12. The molecule has 0 aromatic heterocycles. The highest BCUT2D eigenvalue weighted by molar-refractivity contribution is 5.78. The predicted molar refractivity (Wildman–Crippen MR) is 80.7 cm³/mol. The Labute approximate surface area is 159 Å². The molecular formula is C16H8F12N2. The highest BCUT2D eigenvalue weighted by Gasteiger charge is 2.43. The van der Waals surface area contributed by atoms with Gasteiger partial charge in [0.1, 0.15) is 0 Å². The largest absolute Gasteiger partial charge is 0.418 e. The van der Waals surface area contributed by atoms with Crippen molar-refractivity contribution in [2.75, 3.05) is 11.5 Å². The van der Waals surface area contributed by atoms with E-state index in [1.165, 1.54) is 0 Å². The Kier molecular flexibility index (Phi) is 5.38. The lowest BCUT2D eigenvalue weighted by Gasteiger charge is -2.22. The van der Waals surface area contributed by atoms with Gasteiger partial charge in [-0.3, -0.25) is 0 Å². The van der Waals surface area contributed by atoms with Crippen molar-refractivity contribution in [3.8, 4) is 11.1 Å². The Balaban J connectivity index is 3.08. The first-order chi connectivity index (χ1) is 13.2. The molecule has 0 aliphatic heterocycles. The molecule has 2 aromatic carbocycles. The van der Waals surface area contributed by atoms with Crippen LogP contribution in [0.1, 0.15) is 22.3 Å². The van der Waals surface area contributed by atoms with Crippen molar-refractivity contribution in [2.45, 2.75) is 24.7 Å². The topological polar surface area (TPSA) is 52.0 Å². The van der Waals surface area contributed by atoms with Gasteiger partial charge in [0.25, 0.3) is 0 Å². The molecule has 0 saturated heterocycles. The number of rotatable bonds is 1. The van der Waals surface area contributed by atoms with E-state index in [1.54, 1.807) is 0 Å². The van der Waals surface area contributed by atoms with Gasteiger partial charge >= 0.3 is 24.7 Å². The second-order valence-electron chi connectivity index (χ2n) is 5.96. The summed E-state index contributed by atoms with van der Waals surface area (Å²) in [6, 6.07) is -1.33. The van der Waals surface area contributed by atoms with Gasteiger partial charge in [0.2, 0.25) is 0 Å². The molecule has 0 atom stereocenters. The minimum atomic E-state index is -5.55. The lowest BCUT2D eigenvalue weighted by atomic mass is 9.90. The molecule has 0 aliphatic rings. The first-order valence-electron chi connectivity index (χ1n) is 7.40. The standard InChI is InChI=1S/C16H8F12N2/c17-13(18,19)7-3-11(29)9(15(23,24)25)1-5(7)6-2-10(16(26,27)28)12(30)4-8(6)14(20,21)22/h1-4H,29-30H2. The van der Waals surface area contributed by atoms with Crippen molar-refractivity contribution in [3.63, 3.8) is 0 Å². The second kappa shape index (κ2) is 6.87. The van der Waals surface area contributed by atoms with Crippen LogP contribution in [0.5, 0.6) is 0 Å². The summed E-state index contributed by atoms with van der Waals surface area (Å²) in [7, 11) is 0. The van der Waals surface area contributed by atoms with Gasteiger partial charge in [-0.2, -0.15) is 52.7 Å². The van der Waals surface area contributed by atoms with Gasteiger partial charge in [0.15, 0.2) is 0 Å². The van der Waals surface area contributed by atoms with Gasteiger partial charge in [-0.25, -0.2) is 0 Å². The van der Waals surface area contributed by atoms with Gasteiger partial charge in [-0.05, 0) is 35.4 Å². The van der Waals surface area contributed by atoms with E-state index in [2.05, 4.69) is 0 Å². The van der Waals surface area contributed by atoms with E-state index >= 15 is 0 Å². The van der Waals surface area contributed by atoms with Crippen molar-refractivity contribution in [1.82, 2.24) is 0 Å². The molecule has 30 heavy (non-hydrogen) atoms. The number of nitrogen functional groups attached to an aromatic ring is 2. The third-order valence-corrected chi connectivity index (χ3v) is 3.89. The molecule has 0 amide bonds. The number of nitrogens with two attached hydrogens (primary N) is 2. The van der Waals surface area contributed by atoms with Crippen LogP contribution in [0.25, 0.3) is 11.1 Å². The quantitative estimate of drug-likeness (QED) is 0.376. The van der Waals surface area contributed by atoms with Crippen LogP contribution in [-0.4, -0.2) is 0 Å². The summed E-state index contributed by atoms with van der Waals surface area (Å²) in [5.41, 5.74) is -4.70. The molecule has 0 aliphatic carbocycles. The lowest BCUT2D eigenvalue weighted by molar-refractivity contribution is -0.141. The maximum absolute atomic E-state index is 13.3. The molecule has 0 saturated carbocycles. The summed E-state index contributed by atoms with van der Waals surface area (Å²) in [5.74, 6) is 0. The van der Waals surface area contributed by atoms with Gasteiger partial charge in [-0.15, -0.1) is 0 Å². The zero-order valence-corrected chi connectivity index (χ0v) is 14.0. The average Bonchev–Trinajstić information content (AvgIpc) is 2.50. The summed E-state index contributed by atoms with van der Waals surface area (Å²) in [6.07, 6.45) is -21.9. The van der Waals surface area contributed by atoms with Crippen LogP contribution >= 0.6 is 0 Å². The Hall–Kier alpha value is -2.80. The summed E-state index contributed by atoms with van der Waals surface area (Å²) in [4.78, 5) is 0. The number of hydrogen-bond acceptors (Lipinski definition) is 2. The van der Waals surface area contributed by atoms with Crippen LogP contribution < -0.4 is 11.5 Å². The third-order valence-electron chi connectivity index (χ3n) is 3.89. The molecule has 0 spiro atoms. The van der Waals surface area contributed by atoms with Gasteiger partial charge in [0.05, 0.1) is 22.3 Å². The minimum Gasteiger partial charge on any atom is -0.398 e. The number of anilines is 2. The maximum Gasteiger partial charge on any atom is 0.418 e. The lowest BCUT2D eigenvalue weighted by Crippen LogP contribution is -2.17. The van der Waals surface area contributed by atoms with E-state index in [1.807, 2.05) is 0 Å². The first kappa shape index (κ1) is 23.5. The molecule has 2 nitrogen and oxygen atoms in total.